The molecule has 0 radical (unpaired) electrons. The van der Waals surface area contributed by atoms with E-state index < -0.39 is 11.0 Å². The molecule has 0 aliphatic carbocycles. The van der Waals surface area contributed by atoms with Gasteiger partial charge in [-0.2, -0.15) is 0 Å². The zero-order valence-electron chi connectivity index (χ0n) is 11.4. The van der Waals surface area contributed by atoms with Gasteiger partial charge in [0.05, 0.1) is 15.4 Å². The van der Waals surface area contributed by atoms with Crippen molar-refractivity contribution in [1.82, 2.24) is 4.90 Å². The van der Waals surface area contributed by atoms with Gasteiger partial charge in [0.25, 0.3) is 5.69 Å². The quantitative estimate of drug-likeness (QED) is 0.652. The SMILES string of the molecule is CN(Cc1ccc(Cl)s1)CC(O)c1cccc([N+](=O)[O-])c1. The van der Waals surface area contributed by atoms with E-state index in [4.69, 9.17) is 11.6 Å². The Bertz CT molecular complexity index is 632. The lowest BCUT2D eigenvalue weighted by molar-refractivity contribution is -0.385. The van der Waals surface area contributed by atoms with Crippen LogP contribution in [0.15, 0.2) is 36.4 Å². The number of aliphatic hydroxyl groups is 1. The van der Waals surface area contributed by atoms with E-state index in [0.29, 0.717) is 18.7 Å². The first-order valence-corrected chi connectivity index (χ1v) is 7.50. The maximum Gasteiger partial charge on any atom is 0.269 e. The highest BCUT2D eigenvalue weighted by Crippen LogP contribution is 2.24. The Morgan fingerprint density at radius 2 is 2.19 bits per heavy atom. The molecule has 0 amide bonds. The van der Waals surface area contributed by atoms with Crippen molar-refractivity contribution in [2.75, 3.05) is 13.6 Å². The van der Waals surface area contributed by atoms with Crippen molar-refractivity contribution in [2.45, 2.75) is 12.6 Å². The zero-order valence-corrected chi connectivity index (χ0v) is 13.0. The Morgan fingerprint density at radius 1 is 1.43 bits per heavy atom. The van der Waals surface area contributed by atoms with E-state index in [0.717, 1.165) is 9.21 Å². The van der Waals surface area contributed by atoms with E-state index in [-0.39, 0.29) is 5.69 Å². The van der Waals surface area contributed by atoms with E-state index in [9.17, 15) is 15.2 Å². The molecule has 5 nitrogen and oxygen atoms in total. The summed E-state index contributed by atoms with van der Waals surface area (Å²) in [5.74, 6) is 0. The maximum atomic E-state index is 10.7. The first-order valence-electron chi connectivity index (χ1n) is 6.31. The fourth-order valence-corrected chi connectivity index (χ4v) is 3.18. The zero-order chi connectivity index (χ0) is 15.4. The minimum Gasteiger partial charge on any atom is -0.387 e. The van der Waals surface area contributed by atoms with Crippen molar-refractivity contribution in [2.24, 2.45) is 0 Å². The third-order valence-corrected chi connectivity index (χ3v) is 4.22. The van der Waals surface area contributed by atoms with Crippen LogP contribution in [0.4, 0.5) is 5.69 Å². The summed E-state index contributed by atoms with van der Waals surface area (Å²) in [7, 11) is 1.88. The number of likely N-dealkylation sites (N-methyl/N-ethyl adjacent to an activating group) is 1. The molecule has 2 rings (SSSR count). The molecule has 0 bridgehead atoms. The second-order valence-corrected chi connectivity index (χ2v) is 6.57. The van der Waals surface area contributed by atoms with Gasteiger partial charge >= 0.3 is 0 Å². The van der Waals surface area contributed by atoms with Crippen molar-refractivity contribution in [3.05, 3.63) is 61.3 Å². The molecule has 7 heteroatoms. The average Bonchev–Trinajstić information content (AvgIpc) is 2.83. The molecule has 0 fully saturated rings. The summed E-state index contributed by atoms with van der Waals surface area (Å²) in [4.78, 5) is 13.3. The van der Waals surface area contributed by atoms with Crippen molar-refractivity contribution >= 4 is 28.6 Å². The minimum absolute atomic E-state index is 0.0146. The number of hydrogen-bond acceptors (Lipinski definition) is 5. The van der Waals surface area contributed by atoms with Crippen molar-refractivity contribution in [3.8, 4) is 0 Å². The predicted molar refractivity (Wildman–Crippen MR) is 83.7 cm³/mol. The van der Waals surface area contributed by atoms with Gasteiger partial charge in [-0.25, -0.2) is 0 Å². The standard InChI is InChI=1S/C14H15ClN2O3S/c1-16(8-12-5-6-14(15)21-12)9-13(18)10-3-2-4-11(7-10)17(19)20/h2-7,13,18H,8-9H2,1H3. The molecule has 0 aliphatic heterocycles. The summed E-state index contributed by atoms with van der Waals surface area (Å²) in [6.07, 6.45) is -0.773. The highest BCUT2D eigenvalue weighted by atomic mass is 35.5. The number of nitro groups is 1. The van der Waals surface area contributed by atoms with Crippen LogP contribution in [0.3, 0.4) is 0 Å². The number of benzene rings is 1. The van der Waals surface area contributed by atoms with Crippen LogP contribution in [0.2, 0.25) is 4.34 Å². The van der Waals surface area contributed by atoms with Crippen LogP contribution < -0.4 is 0 Å². The van der Waals surface area contributed by atoms with Gasteiger partial charge in [0.1, 0.15) is 0 Å². The summed E-state index contributed by atoms with van der Waals surface area (Å²) in [5, 5.41) is 20.9. The topological polar surface area (TPSA) is 66.6 Å². The minimum atomic E-state index is -0.773. The number of non-ortho nitro benzene ring substituents is 1. The molecular weight excluding hydrogens is 312 g/mol. The molecule has 0 saturated heterocycles. The third kappa shape index (κ3) is 4.50. The Balaban J connectivity index is 1.98. The van der Waals surface area contributed by atoms with Crippen molar-refractivity contribution < 1.29 is 10.0 Å². The summed E-state index contributed by atoms with van der Waals surface area (Å²) in [5.41, 5.74) is 0.527. The van der Waals surface area contributed by atoms with Gasteiger partial charge in [-0.15, -0.1) is 11.3 Å². The van der Waals surface area contributed by atoms with Crippen LogP contribution in [-0.2, 0) is 6.54 Å². The lowest BCUT2D eigenvalue weighted by atomic mass is 10.1. The molecular formula is C14H15ClN2O3S. The molecule has 21 heavy (non-hydrogen) atoms. The Kier molecular flexibility index (Phi) is 5.30. The molecule has 1 unspecified atom stereocenters. The summed E-state index contributed by atoms with van der Waals surface area (Å²) in [6.45, 7) is 1.06. The maximum absolute atomic E-state index is 10.7. The number of thiophene rings is 1. The van der Waals surface area contributed by atoms with Gasteiger partial charge in [0, 0.05) is 30.1 Å². The number of halogens is 1. The predicted octanol–water partition coefficient (Wildman–Crippen LogP) is 3.48. The fraction of sp³-hybridized carbons (Fsp3) is 0.286. The third-order valence-electron chi connectivity index (χ3n) is 3.01. The second-order valence-electron chi connectivity index (χ2n) is 4.77. The molecule has 1 aromatic carbocycles. The molecule has 1 aromatic heterocycles. The van der Waals surface area contributed by atoms with Crippen LogP contribution in [-0.4, -0.2) is 28.5 Å². The lowest BCUT2D eigenvalue weighted by Crippen LogP contribution is -2.23. The first-order chi connectivity index (χ1) is 9.95. The second kappa shape index (κ2) is 7.00. The van der Waals surface area contributed by atoms with Gasteiger partial charge in [-0.1, -0.05) is 23.7 Å². The largest absolute Gasteiger partial charge is 0.387 e. The summed E-state index contributed by atoms with van der Waals surface area (Å²) in [6, 6.07) is 9.87. The van der Waals surface area contributed by atoms with E-state index in [1.807, 2.05) is 24.1 Å². The average molecular weight is 327 g/mol. The van der Waals surface area contributed by atoms with Crippen LogP contribution in [0.5, 0.6) is 0 Å². The van der Waals surface area contributed by atoms with Crippen molar-refractivity contribution in [3.63, 3.8) is 0 Å². The fourth-order valence-electron chi connectivity index (χ4n) is 2.01. The van der Waals surface area contributed by atoms with Gasteiger partial charge in [0.2, 0.25) is 0 Å². The van der Waals surface area contributed by atoms with Gasteiger partial charge < -0.3 is 5.11 Å². The normalized spacial score (nSPS) is 12.6. The van der Waals surface area contributed by atoms with Crippen LogP contribution in [0.1, 0.15) is 16.5 Å². The highest BCUT2D eigenvalue weighted by Gasteiger charge is 2.15. The molecule has 112 valence electrons. The van der Waals surface area contributed by atoms with E-state index in [1.54, 1.807) is 12.1 Å². The van der Waals surface area contributed by atoms with Crippen molar-refractivity contribution in [1.29, 1.82) is 0 Å². The van der Waals surface area contributed by atoms with Crippen LogP contribution >= 0.6 is 22.9 Å². The first kappa shape index (κ1) is 15.9. The monoisotopic (exact) mass is 326 g/mol. The smallest absolute Gasteiger partial charge is 0.269 e. The Labute approximate surface area is 131 Å². The Morgan fingerprint density at radius 3 is 2.81 bits per heavy atom. The van der Waals surface area contributed by atoms with Gasteiger partial charge in [-0.05, 0) is 24.7 Å². The van der Waals surface area contributed by atoms with Crippen LogP contribution in [0.25, 0.3) is 0 Å². The molecule has 1 atom stereocenters. The molecule has 2 aromatic rings. The lowest BCUT2D eigenvalue weighted by Gasteiger charge is -2.20. The van der Waals surface area contributed by atoms with Gasteiger partial charge in [-0.3, -0.25) is 15.0 Å². The molecule has 0 aliphatic rings. The molecule has 1 N–H and O–H groups in total. The van der Waals surface area contributed by atoms with Gasteiger partial charge in [0.15, 0.2) is 0 Å². The number of nitro benzene ring substituents is 1. The highest BCUT2D eigenvalue weighted by molar-refractivity contribution is 7.16. The summed E-state index contributed by atoms with van der Waals surface area (Å²) >= 11 is 7.38. The molecule has 1 heterocycles. The van der Waals surface area contributed by atoms with Crippen LogP contribution in [0, 0.1) is 10.1 Å². The summed E-state index contributed by atoms with van der Waals surface area (Å²) < 4.78 is 0.734. The molecule has 0 spiro atoms. The number of aliphatic hydroxyl groups excluding tert-OH is 1. The van der Waals surface area contributed by atoms with E-state index >= 15 is 0 Å². The number of hydrogen-bond donors (Lipinski definition) is 1. The number of rotatable bonds is 6. The van der Waals surface area contributed by atoms with E-state index in [2.05, 4.69) is 0 Å². The van der Waals surface area contributed by atoms with E-state index in [1.165, 1.54) is 23.5 Å². The molecule has 0 saturated carbocycles. The number of nitrogens with zero attached hydrogens (tertiary/aromatic N) is 2. The Hall–Kier alpha value is -1.47.